The fraction of sp³-hybridized carbons (Fsp3) is 0.769. The Labute approximate surface area is 107 Å². The molecule has 0 aliphatic carbocycles. The van der Waals surface area contributed by atoms with Crippen molar-refractivity contribution in [2.75, 3.05) is 19.8 Å². The van der Waals surface area contributed by atoms with Crippen LogP contribution in [0.4, 0.5) is 0 Å². The lowest BCUT2D eigenvalue weighted by molar-refractivity contribution is 0.0852. The van der Waals surface area contributed by atoms with Gasteiger partial charge >= 0.3 is 0 Å². The zero-order chi connectivity index (χ0) is 12.3. The minimum Gasteiger partial charge on any atom is -0.381 e. The van der Waals surface area contributed by atoms with E-state index in [1.807, 2.05) is 11.3 Å². The van der Waals surface area contributed by atoms with Crippen LogP contribution in [0.25, 0.3) is 0 Å². The summed E-state index contributed by atoms with van der Waals surface area (Å²) in [6, 6.07) is 0. The van der Waals surface area contributed by atoms with E-state index in [4.69, 9.17) is 15.5 Å². The number of hydrogen-bond donors (Lipinski definition) is 1. The van der Waals surface area contributed by atoms with Crippen molar-refractivity contribution in [3.8, 4) is 0 Å². The van der Waals surface area contributed by atoms with Gasteiger partial charge in [0.1, 0.15) is 0 Å². The van der Waals surface area contributed by atoms with E-state index in [2.05, 4.69) is 13.8 Å². The van der Waals surface area contributed by atoms with Crippen LogP contribution in [-0.4, -0.2) is 24.7 Å². The number of rotatable bonds is 4. The Bertz CT molecular complexity index is 358. The van der Waals surface area contributed by atoms with E-state index in [0.717, 1.165) is 39.0 Å². The molecule has 1 aromatic rings. The fourth-order valence-electron chi connectivity index (χ4n) is 2.39. The van der Waals surface area contributed by atoms with Crippen LogP contribution < -0.4 is 5.73 Å². The molecule has 4 heteroatoms. The molecule has 2 rings (SSSR count). The van der Waals surface area contributed by atoms with E-state index in [0.29, 0.717) is 11.8 Å². The molecule has 1 fully saturated rings. The molecule has 0 spiro atoms. The number of thiazole rings is 1. The number of hydrogen-bond acceptors (Lipinski definition) is 4. The third kappa shape index (κ3) is 3.06. The first-order valence-electron chi connectivity index (χ1n) is 6.47. The standard InChI is InChI=1S/C13H22N2OS/c1-9(3-6-14)12-10(2)15-13(17-12)11-4-7-16-8-5-11/h9,11H,3-8,14H2,1-2H3. The van der Waals surface area contributed by atoms with Crippen molar-refractivity contribution in [3.05, 3.63) is 15.6 Å². The molecule has 0 saturated carbocycles. The van der Waals surface area contributed by atoms with Gasteiger partial charge in [-0.25, -0.2) is 4.98 Å². The maximum atomic E-state index is 5.63. The van der Waals surface area contributed by atoms with E-state index < -0.39 is 0 Å². The zero-order valence-corrected chi connectivity index (χ0v) is 11.6. The Hall–Kier alpha value is -0.450. The molecule has 96 valence electrons. The summed E-state index contributed by atoms with van der Waals surface area (Å²) in [5.74, 6) is 1.16. The minimum absolute atomic E-state index is 0.547. The number of nitrogens with two attached hydrogens (primary N) is 1. The van der Waals surface area contributed by atoms with Crippen LogP contribution in [0.5, 0.6) is 0 Å². The number of ether oxygens (including phenoxy) is 1. The second-order valence-electron chi connectivity index (χ2n) is 4.87. The lowest BCUT2D eigenvalue weighted by Crippen LogP contribution is -2.13. The minimum atomic E-state index is 0.547. The van der Waals surface area contributed by atoms with Crippen LogP contribution in [-0.2, 0) is 4.74 Å². The van der Waals surface area contributed by atoms with Crippen LogP contribution in [0.2, 0.25) is 0 Å². The summed E-state index contributed by atoms with van der Waals surface area (Å²) in [4.78, 5) is 6.19. The molecule has 0 radical (unpaired) electrons. The Morgan fingerprint density at radius 2 is 2.18 bits per heavy atom. The molecule has 3 nitrogen and oxygen atoms in total. The van der Waals surface area contributed by atoms with Crippen molar-refractivity contribution in [2.45, 2.75) is 44.9 Å². The van der Waals surface area contributed by atoms with E-state index in [1.54, 1.807) is 0 Å². The van der Waals surface area contributed by atoms with Crippen molar-refractivity contribution >= 4 is 11.3 Å². The highest BCUT2D eigenvalue weighted by Gasteiger charge is 2.22. The first-order chi connectivity index (χ1) is 8.22. The SMILES string of the molecule is Cc1nc(C2CCOCC2)sc1C(C)CCN. The third-order valence-electron chi connectivity index (χ3n) is 3.47. The molecular weight excluding hydrogens is 232 g/mol. The normalized spacial score (nSPS) is 19.5. The highest BCUT2D eigenvalue weighted by atomic mass is 32.1. The Morgan fingerprint density at radius 3 is 2.82 bits per heavy atom. The van der Waals surface area contributed by atoms with Crippen LogP contribution >= 0.6 is 11.3 Å². The molecule has 0 aromatic carbocycles. The van der Waals surface area contributed by atoms with E-state index in [9.17, 15) is 0 Å². The molecule has 1 unspecified atom stereocenters. The molecular formula is C13H22N2OS. The smallest absolute Gasteiger partial charge is 0.0963 e. The summed E-state index contributed by atoms with van der Waals surface area (Å²) in [7, 11) is 0. The van der Waals surface area contributed by atoms with Gasteiger partial charge in [-0.15, -0.1) is 11.3 Å². The van der Waals surface area contributed by atoms with Gasteiger partial charge in [-0.2, -0.15) is 0 Å². The topological polar surface area (TPSA) is 48.1 Å². The maximum absolute atomic E-state index is 5.63. The highest BCUT2D eigenvalue weighted by Crippen LogP contribution is 2.35. The monoisotopic (exact) mass is 254 g/mol. The average molecular weight is 254 g/mol. The van der Waals surface area contributed by atoms with Crippen molar-refractivity contribution in [1.29, 1.82) is 0 Å². The van der Waals surface area contributed by atoms with Crippen LogP contribution in [0.3, 0.4) is 0 Å². The largest absolute Gasteiger partial charge is 0.381 e. The number of aryl methyl sites for hydroxylation is 1. The molecule has 1 aliphatic rings. The molecule has 1 atom stereocenters. The van der Waals surface area contributed by atoms with Gasteiger partial charge in [0.2, 0.25) is 0 Å². The fourth-order valence-corrected chi connectivity index (χ4v) is 3.71. The van der Waals surface area contributed by atoms with Crippen LogP contribution in [0, 0.1) is 6.92 Å². The van der Waals surface area contributed by atoms with Crippen LogP contribution in [0.1, 0.15) is 53.6 Å². The van der Waals surface area contributed by atoms with Crippen LogP contribution in [0.15, 0.2) is 0 Å². The molecule has 0 bridgehead atoms. The summed E-state index contributed by atoms with van der Waals surface area (Å²) in [6.07, 6.45) is 3.30. The summed E-state index contributed by atoms with van der Waals surface area (Å²) in [5, 5.41) is 1.31. The Kier molecular flexibility index (Phi) is 4.54. The predicted octanol–water partition coefficient (Wildman–Crippen LogP) is 2.80. The van der Waals surface area contributed by atoms with Gasteiger partial charge in [0.15, 0.2) is 0 Å². The zero-order valence-electron chi connectivity index (χ0n) is 10.7. The van der Waals surface area contributed by atoms with Crippen molar-refractivity contribution < 1.29 is 4.74 Å². The second kappa shape index (κ2) is 5.94. The van der Waals surface area contributed by atoms with Crippen molar-refractivity contribution in [3.63, 3.8) is 0 Å². The number of aromatic nitrogens is 1. The first-order valence-corrected chi connectivity index (χ1v) is 7.29. The van der Waals surface area contributed by atoms with E-state index in [-0.39, 0.29) is 0 Å². The third-order valence-corrected chi connectivity index (χ3v) is 5.02. The van der Waals surface area contributed by atoms with Gasteiger partial charge in [-0.05, 0) is 38.6 Å². The summed E-state index contributed by atoms with van der Waals surface area (Å²) in [5.41, 5.74) is 6.84. The molecule has 1 aliphatic heterocycles. The Balaban J connectivity index is 2.11. The molecule has 17 heavy (non-hydrogen) atoms. The quantitative estimate of drug-likeness (QED) is 0.898. The molecule has 2 N–H and O–H groups in total. The molecule has 2 heterocycles. The second-order valence-corrected chi connectivity index (χ2v) is 5.93. The van der Waals surface area contributed by atoms with E-state index in [1.165, 1.54) is 15.6 Å². The van der Waals surface area contributed by atoms with Gasteiger partial charge in [0, 0.05) is 24.0 Å². The molecule has 0 amide bonds. The maximum Gasteiger partial charge on any atom is 0.0963 e. The summed E-state index contributed by atoms with van der Waals surface area (Å²) in [6.45, 7) is 6.90. The van der Waals surface area contributed by atoms with Gasteiger partial charge in [-0.1, -0.05) is 6.92 Å². The highest BCUT2D eigenvalue weighted by molar-refractivity contribution is 7.11. The van der Waals surface area contributed by atoms with Crippen molar-refractivity contribution in [2.24, 2.45) is 5.73 Å². The molecule has 1 aromatic heterocycles. The lowest BCUT2D eigenvalue weighted by Gasteiger charge is -2.19. The predicted molar refractivity (Wildman–Crippen MR) is 71.7 cm³/mol. The molecule has 1 saturated heterocycles. The summed E-state index contributed by atoms with van der Waals surface area (Å²) < 4.78 is 5.40. The van der Waals surface area contributed by atoms with Gasteiger partial charge in [0.05, 0.1) is 10.7 Å². The van der Waals surface area contributed by atoms with Crippen molar-refractivity contribution in [1.82, 2.24) is 4.98 Å². The van der Waals surface area contributed by atoms with E-state index >= 15 is 0 Å². The average Bonchev–Trinajstić information content (AvgIpc) is 2.73. The van der Waals surface area contributed by atoms with Gasteiger partial charge < -0.3 is 10.5 Å². The van der Waals surface area contributed by atoms with Gasteiger partial charge in [-0.3, -0.25) is 0 Å². The Morgan fingerprint density at radius 1 is 1.47 bits per heavy atom. The summed E-state index contributed by atoms with van der Waals surface area (Å²) >= 11 is 1.89. The lowest BCUT2D eigenvalue weighted by atomic mass is 10.0. The number of nitrogens with zero attached hydrogens (tertiary/aromatic N) is 1. The van der Waals surface area contributed by atoms with Gasteiger partial charge in [0.25, 0.3) is 0 Å². The first kappa shape index (κ1) is 13.0.